The molecule has 0 unspecified atom stereocenters. The molecule has 3 rings (SSSR count). The topological polar surface area (TPSA) is 54.9 Å². The maximum atomic E-state index is 12.3. The minimum Gasteiger partial charge on any atom is -0.366 e. The highest BCUT2D eigenvalue weighted by Crippen LogP contribution is 2.10. The zero-order valence-electron chi connectivity index (χ0n) is 9.23. The molecule has 0 aliphatic heterocycles. The Morgan fingerprint density at radius 1 is 1.00 bits per heavy atom. The summed E-state index contributed by atoms with van der Waals surface area (Å²) in [4.78, 5) is 27.3. The molecule has 2 aromatic heterocycles. The Balaban J connectivity index is 2.85. The van der Waals surface area contributed by atoms with E-state index >= 15 is 0 Å². The molecule has 0 saturated heterocycles. The first kappa shape index (κ1) is 9.84. The molecular formula is C13H10N2O2. The number of aromatic amines is 1. The predicted molar refractivity (Wildman–Crippen MR) is 67.3 cm³/mol. The van der Waals surface area contributed by atoms with Crippen LogP contribution in [0, 0.1) is 0 Å². The van der Waals surface area contributed by atoms with E-state index in [0.29, 0.717) is 21.7 Å². The maximum Gasteiger partial charge on any atom is 0.260 e. The summed E-state index contributed by atoms with van der Waals surface area (Å²) in [6, 6.07) is 7.13. The van der Waals surface area contributed by atoms with Crippen LogP contribution in [0.4, 0.5) is 0 Å². The van der Waals surface area contributed by atoms with Crippen molar-refractivity contribution in [1.29, 1.82) is 0 Å². The number of benzene rings is 1. The van der Waals surface area contributed by atoms with Crippen LogP contribution in [0.15, 0.2) is 46.2 Å². The van der Waals surface area contributed by atoms with Gasteiger partial charge in [-0.3, -0.25) is 9.59 Å². The van der Waals surface area contributed by atoms with Crippen molar-refractivity contribution in [3.63, 3.8) is 0 Å². The number of hydrogen-bond donors (Lipinski definition) is 1. The van der Waals surface area contributed by atoms with Crippen molar-refractivity contribution in [3.05, 3.63) is 57.2 Å². The molecule has 0 saturated carbocycles. The fraction of sp³-hybridized carbons (Fsp3) is 0.0769. The highest BCUT2D eigenvalue weighted by atomic mass is 16.1. The number of fused-ring (bicyclic) bond motifs is 2. The molecule has 0 radical (unpaired) electrons. The summed E-state index contributed by atoms with van der Waals surface area (Å²) in [7, 11) is 1.68. The van der Waals surface area contributed by atoms with Crippen LogP contribution in [-0.4, -0.2) is 9.55 Å². The first-order chi connectivity index (χ1) is 8.20. The monoisotopic (exact) mass is 226 g/mol. The summed E-state index contributed by atoms with van der Waals surface area (Å²) in [6.45, 7) is 0. The average molecular weight is 226 g/mol. The van der Waals surface area contributed by atoms with Gasteiger partial charge in [0.2, 0.25) is 0 Å². The molecule has 0 amide bonds. The number of para-hydroxylation sites is 1. The Morgan fingerprint density at radius 3 is 2.53 bits per heavy atom. The maximum absolute atomic E-state index is 12.3. The highest BCUT2D eigenvalue weighted by Gasteiger charge is 2.08. The fourth-order valence-electron chi connectivity index (χ4n) is 2.12. The summed E-state index contributed by atoms with van der Waals surface area (Å²) in [5.74, 6) is 0. The summed E-state index contributed by atoms with van der Waals surface area (Å²) in [5.41, 5.74) is 0.368. The molecule has 0 spiro atoms. The lowest BCUT2D eigenvalue weighted by Gasteiger charge is -1.97. The standard InChI is InChI=1S/C13H10N2O2/c1-15-11-5-3-2-4-8(11)12(16)9-6-14-7-10(9)13(15)17/h2-7,14H,1H3. The SMILES string of the molecule is Cn1c(=O)c2c[nH]cc2c(=O)c2ccccc21. The van der Waals surface area contributed by atoms with Crippen molar-refractivity contribution in [3.8, 4) is 0 Å². The lowest BCUT2D eigenvalue weighted by atomic mass is 10.2. The molecule has 4 nitrogen and oxygen atoms in total. The lowest BCUT2D eigenvalue weighted by Crippen LogP contribution is -2.13. The molecule has 3 aromatic rings. The number of rotatable bonds is 0. The smallest absolute Gasteiger partial charge is 0.260 e. The van der Waals surface area contributed by atoms with E-state index in [2.05, 4.69) is 4.98 Å². The van der Waals surface area contributed by atoms with E-state index in [0.717, 1.165) is 0 Å². The quantitative estimate of drug-likeness (QED) is 0.629. The van der Waals surface area contributed by atoms with Crippen LogP contribution in [0.5, 0.6) is 0 Å². The molecule has 4 heteroatoms. The second kappa shape index (κ2) is 3.31. The predicted octanol–water partition coefficient (Wildman–Crippen LogP) is 1.38. The number of aromatic nitrogens is 2. The molecule has 2 heterocycles. The number of H-pyrrole nitrogens is 1. The normalized spacial score (nSPS) is 11.1. The fourth-order valence-corrected chi connectivity index (χ4v) is 2.12. The second-order valence-corrected chi connectivity index (χ2v) is 3.99. The van der Waals surface area contributed by atoms with Gasteiger partial charge in [0, 0.05) is 24.8 Å². The first-order valence-corrected chi connectivity index (χ1v) is 5.28. The Labute approximate surface area is 96.1 Å². The van der Waals surface area contributed by atoms with Gasteiger partial charge in [0.1, 0.15) is 0 Å². The molecule has 1 N–H and O–H groups in total. The van der Waals surface area contributed by atoms with Crippen molar-refractivity contribution < 1.29 is 0 Å². The molecule has 1 aromatic carbocycles. The van der Waals surface area contributed by atoms with Gasteiger partial charge in [-0.15, -0.1) is 0 Å². The van der Waals surface area contributed by atoms with Gasteiger partial charge in [-0.05, 0) is 12.1 Å². The van der Waals surface area contributed by atoms with Crippen molar-refractivity contribution in [2.24, 2.45) is 7.05 Å². The zero-order chi connectivity index (χ0) is 12.0. The first-order valence-electron chi connectivity index (χ1n) is 5.28. The van der Waals surface area contributed by atoms with Gasteiger partial charge in [0.25, 0.3) is 5.56 Å². The molecule has 0 aliphatic carbocycles. The third-order valence-corrected chi connectivity index (χ3v) is 3.04. The van der Waals surface area contributed by atoms with Crippen LogP contribution in [-0.2, 0) is 7.05 Å². The van der Waals surface area contributed by atoms with E-state index in [9.17, 15) is 9.59 Å². The van der Waals surface area contributed by atoms with Gasteiger partial charge in [-0.2, -0.15) is 0 Å². The Hall–Kier alpha value is -2.36. The van der Waals surface area contributed by atoms with Gasteiger partial charge in [0.05, 0.1) is 16.3 Å². The largest absolute Gasteiger partial charge is 0.366 e. The lowest BCUT2D eigenvalue weighted by molar-refractivity contribution is 0.921. The second-order valence-electron chi connectivity index (χ2n) is 3.99. The molecule has 0 atom stereocenters. The third kappa shape index (κ3) is 1.24. The van der Waals surface area contributed by atoms with Crippen LogP contribution in [0.2, 0.25) is 0 Å². The Kier molecular flexibility index (Phi) is 1.92. The number of nitrogens with zero attached hydrogens (tertiary/aromatic N) is 1. The van der Waals surface area contributed by atoms with Crippen molar-refractivity contribution in [2.75, 3.05) is 0 Å². The molecule has 0 aliphatic rings. The van der Waals surface area contributed by atoms with Gasteiger partial charge in [-0.1, -0.05) is 12.1 Å². The van der Waals surface area contributed by atoms with E-state index in [1.165, 1.54) is 4.57 Å². The van der Waals surface area contributed by atoms with Gasteiger partial charge >= 0.3 is 0 Å². The van der Waals surface area contributed by atoms with E-state index in [4.69, 9.17) is 0 Å². The van der Waals surface area contributed by atoms with Crippen molar-refractivity contribution in [1.82, 2.24) is 9.55 Å². The number of nitrogens with one attached hydrogen (secondary N) is 1. The molecule has 0 fully saturated rings. The van der Waals surface area contributed by atoms with Gasteiger partial charge in [0.15, 0.2) is 5.43 Å². The van der Waals surface area contributed by atoms with Crippen LogP contribution in [0.3, 0.4) is 0 Å². The summed E-state index contributed by atoms with van der Waals surface area (Å²) >= 11 is 0. The van der Waals surface area contributed by atoms with Crippen LogP contribution in [0.25, 0.3) is 21.7 Å². The van der Waals surface area contributed by atoms with Crippen LogP contribution in [0.1, 0.15) is 0 Å². The molecular weight excluding hydrogens is 216 g/mol. The van der Waals surface area contributed by atoms with Crippen LogP contribution < -0.4 is 11.0 Å². The van der Waals surface area contributed by atoms with Gasteiger partial charge < -0.3 is 9.55 Å². The molecule has 17 heavy (non-hydrogen) atoms. The minimum absolute atomic E-state index is 0.116. The van der Waals surface area contributed by atoms with Crippen molar-refractivity contribution >= 4 is 21.7 Å². The van der Waals surface area contributed by atoms with E-state index in [1.54, 1.807) is 37.6 Å². The average Bonchev–Trinajstić information content (AvgIpc) is 2.82. The Morgan fingerprint density at radius 2 is 1.71 bits per heavy atom. The van der Waals surface area contributed by atoms with E-state index in [1.807, 2.05) is 6.07 Å². The Bertz CT molecular complexity index is 843. The van der Waals surface area contributed by atoms with Crippen LogP contribution >= 0.6 is 0 Å². The molecule has 84 valence electrons. The highest BCUT2D eigenvalue weighted by molar-refractivity contribution is 5.90. The zero-order valence-corrected chi connectivity index (χ0v) is 9.23. The molecule has 0 bridgehead atoms. The summed E-state index contributed by atoms with van der Waals surface area (Å²) in [5, 5.41) is 1.42. The summed E-state index contributed by atoms with van der Waals surface area (Å²) in [6.07, 6.45) is 3.14. The van der Waals surface area contributed by atoms with Crippen molar-refractivity contribution in [2.45, 2.75) is 0 Å². The number of aryl methyl sites for hydroxylation is 1. The van der Waals surface area contributed by atoms with Gasteiger partial charge in [-0.25, -0.2) is 0 Å². The third-order valence-electron chi connectivity index (χ3n) is 3.04. The van der Waals surface area contributed by atoms with E-state index < -0.39 is 0 Å². The summed E-state index contributed by atoms with van der Waals surface area (Å²) < 4.78 is 1.51. The number of hydrogen-bond acceptors (Lipinski definition) is 2. The van der Waals surface area contributed by atoms with E-state index in [-0.39, 0.29) is 11.0 Å². The minimum atomic E-state index is -0.167.